The molecule has 0 fully saturated rings. The zero-order valence-corrected chi connectivity index (χ0v) is 9.17. The zero-order chi connectivity index (χ0) is 10.3. The average molecular weight is 186 g/mol. The molecule has 3 nitrogen and oxygen atoms in total. The van der Waals surface area contributed by atoms with Gasteiger partial charge < -0.3 is 15.3 Å². The van der Waals surface area contributed by atoms with Crippen LogP contribution in [0.25, 0.3) is 0 Å². The monoisotopic (exact) mass is 186 g/mol. The van der Waals surface area contributed by atoms with Crippen LogP contribution in [0.2, 0.25) is 0 Å². The topological polar surface area (TPSA) is 35.5 Å². The van der Waals surface area contributed by atoms with Gasteiger partial charge in [-0.25, -0.2) is 0 Å². The van der Waals surface area contributed by atoms with Crippen molar-refractivity contribution in [1.29, 1.82) is 0 Å². The maximum atomic E-state index is 9.46. The lowest BCUT2D eigenvalue weighted by molar-refractivity contribution is 0.136. The molecule has 78 valence electrons. The molecular weight excluding hydrogens is 164 g/mol. The van der Waals surface area contributed by atoms with Crippen LogP contribution in [0.4, 0.5) is 0 Å². The van der Waals surface area contributed by atoms with Crippen LogP contribution in [0.3, 0.4) is 0 Å². The Morgan fingerprint density at radius 3 is 2.54 bits per heavy atom. The highest BCUT2D eigenvalue weighted by Crippen LogP contribution is 1.87. The number of rotatable bonds is 6. The van der Waals surface area contributed by atoms with Gasteiger partial charge in [0.2, 0.25) is 0 Å². The lowest BCUT2D eigenvalue weighted by atomic mass is 10.3. The number of likely N-dealkylation sites (N-methyl/N-ethyl adjacent to an activating group) is 1. The summed E-state index contributed by atoms with van der Waals surface area (Å²) < 4.78 is 0. The molecule has 0 saturated heterocycles. The molecule has 3 heteroatoms. The third kappa shape index (κ3) is 9.53. The van der Waals surface area contributed by atoms with Gasteiger partial charge >= 0.3 is 0 Å². The minimum atomic E-state index is -0.277. The van der Waals surface area contributed by atoms with Crippen LogP contribution in [0, 0.1) is 0 Å². The minimum Gasteiger partial charge on any atom is -0.390 e. The fourth-order valence-corrected chi connectivity index (χ4v) is 1.01. The molecule has 0 radical (unpaired) electrons. The molecule has 0 aromatic rings. The molecule has 0 aromatic carbocycles. The number of aliphatic hydroxyl groups is 1. The molecule has 1 unspecified atom stereocenters. The normalized spacial score (nSPS) is 13.1. The molecule has 1 atom stereocenters. The molecule has 0 spiro atoms. The van der Waals surface area contributed by atoms with Gasteiger partial charge in [-0.05, 0) is 27.9 Å². The van der Waals surface area contributed by atoms with E-state index in [-0.39, 0.29) is 6.10 Å². The Kier molecular flexibility index (Phi) is 6.86. The minimum absolute atomic E-state index is 0.277. The summed E-state index contributed by atoms with van der Waals surface area (Å²) in [6.45, 7) is 6.34. The summed E-state index contributed by atoms with van der Waals surface area (Å²) >= 11 is 0. The number of allylic oxidation sites excluding steroid dienone is 1. The Balaban J connectivity index is 3.37. The predicted molar refractivity (Wildman–Crippen MR) is 56.9 cm³/mol. The van der Waals surface area contributed by atoms with Crippen molar-refractivity contribution >= 4 is 0 Å². The lowest BCUT2D eigenvalue weighted by Gasteiger charge is -2.15. The lowest BCUT2D eigenvalue weighted by Crippen LogP contribution is -2.35. The van der Waals surface area contributed by atoms with Gasteiger partial charge in [-0.2, -0.15) is 0 Å². The van der Waals surface area contributed by atoms with Crippen LogP contribution >= 0.6 is 0 Å². The van der Waals surface area contributed by atoms with Crippen molar-refractivity contribution in [3.8, 4) is 0 Å². The van der Waals surface area contributed by atoms with Gasteiger partial charge in [-0.1, -0.05) is 11.6 Å². The fourth-order valence-electron chi connectivity index (χ4n) is 1.01. The Morgan fingerprint density at radius 2 is 2.08 bits per heavy atom. The molecule has 0 aromatic heterocycles. The molecule has 0 bridgehead atoms. The maximum absolute atomic E-state index is 9.46. The van der Waals surface area contributed by atoms with E-state index >= 15 is 0 Å². The van der Waals surface area contributed by atoms with Crippen molar-refractivity contribution in [2.24, 2.45) is 0 Å². The summed E-state index contributed by atoms with van der Waals surface area (Å²) in [5.41, 5.74) is 1.30. The van der Waals surface area contributed by atoms with E-state index in [2.05, 4.69) is 25.2 Å². The summed E-state index contributed by atoms with van der Waals surface area (Å²) in [7, 11) is 3.92. The third-order valence-corrected chi connectivity index (χ3v) is 1.61. The van der Waals surface area contributed by atoms with Gasteiger partial charge in [-0.15, -0.1) is 0 Å². The number of nitrogens with zero attached hydrogens (tertiary/aromatic N) is 1. The van der Waals surface area contributed by atoms with Gasteiger partial charge in [0.15, 0.2) is 0 Å². The van der Waals surface area contributed by atoms with Crippen LogP contribution in [0.1, 0.15) is 13.8 Å². The van der Waals surface area contributed by atoms with Crippen LogP contribution in [0.15, 0.2) is 11.6 Å². The van der Waals surface area contributed by atoms with E-state index in [1.54, 1.807) is 0 Å². The SMILES string of the molecule is CC(C)=CCNCC(O)CN(C)C. The third-order valence-electron chi connectivity index (χ3n) is 1.61. The van der Waals surface area contributed by atoms with Gasteiger partial charge in [0.05, 0.1) is 6.10 Å². The first-order valence-corrected chi connectivity index (χ1v) is 4.69. The van der Waals surface area contributed by atoms with Crippen LogP contribution in [-0.4, -0.2) is 49.8 Å². The summed E-state index contributed by atoms with van der Waals surface area (Å²) in [5, 5.41) is 12.6. The van der Waals surface area contributed by atoms with Crippen molar-refractivity contribution in [3.63, 3.8) is 0 Å². The van der Waals surface area contributed by atoms with Crippen molar-refractivity contribution in [3.05, 3.63) is 11.6 Å². The molecule has 0 rings (SSSR count). The Morgan fingerprint density at radius 1 is 1.46 bits per heavy atom. The van der Waals surface area contributed by atoms with E-state index in [1.165, 1.54) is 5.57 Å². The molecule has 0 aliphatic carbocycles. The molecule has 0 saturated carbocycles. The van der Waals surface area contributed by atoms with Gasteiger partial charge in [0.1, 0.15) is 0 Å². The number of hydrogen-bond donors (Lipinski definition) is 2. The van der Waals surface area contributed by atoms with Crippen LogP contribution in [-0.2, 0) is 0 Å². The van der Waals surface area contributed by atoms with Crippen LogP contribution in [0.5, 0.6) is 0 Å². The van der Waals surface area contributed by atoms with Crippen molar-refractivity contribution in [2.75, 3.05) is 33.7 Å². The van der Waals surface area contributed by atoms with E-state index in [0.29, 0.717) is 13.1 Å². The predicted octanol–water partition coefficient (Wildman–Crippen LogP) is 0.465. The second-order valence-electron chi connectivity index (χ2n) is 3.86. The number of nitrogens with one attached hydrogen (secondary N) is 1. The van der Waals surface area contributed by atoms with E-state index in [4.69, 9.17) is 0 Å². The molecule has 0 aliphatic rings. The van der Waals surface area contributed by atoms with Crippen LogP contribution < -0.4 is 5.32 Å². The smallest absolute Gasteiger partial charge is 0.0791 e. The Hall–Kier alpha value is -0.380. The first-order valence-electron chi connectivity index (χ1n) is 4.69. The maximum Gasteiger partial charge on any atom is 0.0791 e. The molecule has 2 N–H and O–H groups in total. The largest absolute Gasteiger partial charge is 0.390 e. The van der Waals surface area contributed by atoms with Gasteiger partial charge in [0.25, 0.3) is 0 Å². The second kappa shape index (κ2) is 7.06. The van der Waals surface area contributed by atoms with E-state index < -0.39 is 0 Å². The number of aliphatic hydroxyl groups excluding tert-OH is 1. The average Bonchev–Trinajstić information content (AvgIpc) is 1.96. The number of hydrogen-bond acceptors (Lipinski definition) is 3. The van der Waals surface area contributed by atoms with Gasteiger partial charge in [-0.3, -0.25) is 0 Å². The van der Waals surface area contributed by atoms with Gasteiger partial charge in [0, 0.05) is 19.6 Å². The molecule has 0 heterocycles. The zero-order valence-electron chi connectivity index (χ0n) is 9.17. The summed E-state index contributed by atoms with van der Waals surface area (Å²) in [6.07, 6.45) is 1.84. The Bertz CT molecular complexity index is 151. The van der Waals surface area contributed by atoms with Crippen molar-refractivity contribution < 1.29 is 5.11 Å². The van der Waals surface area contributed by atoms with E-state index in [9.17, 15) is 5.11 Å². The molecule has 0 aliphatic heterocycles. The molecular formula is C10H22N2O. The molecule has 0 amide bonds. The molecule has 13 heavy (non-hydrogen) atoms. The highest BCUT2D eigenvalue weighted by atomic mass is 16.3. The second-order valence-corrected chi connectivity index (χ2v) is 3.86. The van der Waals surface area contributed by atoms with E-state index in [0.717, 1.165) is 6.54 Å². The van der Waals surface area contributed by atoms with Crippen molar-refractivity contribution in [1.82, 2.24) is 10.2 Å². The summed E-state index contributed by atoms with van der Waals surface area (Å²) in [4.78, 5) is 1.98. The highest BCUT2D eigenvalue weighted by molar-refractivity contribution is 4.94. The van der Waals surface area contributed by atoms with Crippen molar-refractivity contribution in [2.45, 2.75) is 20.0 Å². The standard InChI is InChI=1S/C10H22N2O/c1-9(2)5-6-11-7-10(13)8-12(3)4/h5,10-11,13H,6-8H2,1-4H3. The Labute approximate surface area is 81.4 Å². The quantitative estimate of drug-likeness (QED) is 0.467. The fraction of sp³-hybridized carbons (Fsp3) is 0.800. The summed E-state index contributed by atoms with van der Waals surface area (Å²) in [6, 6.07) is 0. The van der Waals surface area contributed by atoms with E-state index in [1.807, 2.05) is 19.0 Å². The first kappa shape index (κ1) is 12.6. The summed E-state index contributed by atoms with van der Waals surface area (Å²) in [5.74, 6) is 0. The highest BCUT2D eigenvalue weighted by Gasteiger charge is 2.03. The first-order chi connectivity index (χ1) is 6.02.